The van der Waals surface area contributed by atoms with Crippen LogP contribution >= 0.6 is 11.6 Å². The molecule has 3 rings (SSSR count). The van der Waals surface area contributed by atoms with Gasteiger partial charge < -0.3 is 15.1 Å². The summed E-state index contributed by atoms with van der Waals surface area (Å²) in [4.78, 5) is 16.6. The molecule has 2 fully saturated rings. The molecule has 23 heavy (non-hydrogen) atoms. The summed E-state index contributed by atoms with van der Waals surface area (Å²) in [5.41, 5.74) is 1.15. The van der Waals surface area contributed by atoms with E-state index in [-0.39, 0.29) is 5.91 Å². The molecule has 0 radical (unpaired) electrons. The first-order valence-electron chi connectivity index (χ1n) is 8.74. The number of hydrogen-bond donors (Lipinski definition) is 1. The van der Waals surface area contributed by atoms with Gasteiger partial charge in [-0.25, -0.2) is 0 Å². The number of carbonyl (C=O) groups excluding carboxylic acids is 1. The Hall–Kier alpha value is -1.26. The third kappa shape index (κ3) is 4.61. The van der Waals surface area contributed by atoms with Crippen LogP contribution < -0.4 is 10.2 Å². The molecule has 0 aromatic heterocycles. The highest BCUT2D eigenvalue weighted by Crippen LogP contribution is 2.21. The van der Waals surface area contributed by atoms with Gasteiger partial charge in [-0.05, 0) is 31.0 Å². The number of carbonyl (C=O) groups is 1. The lowest BCUT2D eigenvalue weighted by molar-refractivity contribution is -0.131. The Morgan fingerprint density at radius 2 is 1.91 bits per heavy atom. The Balaban J connectivity index is 1.40. The first-order valence-corrected chi connectivity index (χ1v) is 9.12. The summed E-state index contributed by atoms with van der Waals surface area (Å²) in [6, 6.07) is 8.58. The van der Waals surface area contributed by atoms with E-state index in [0.717, 1.165) is 43.4 Å². The van der Waals surface area contributed by atoms with Gasteiger partial charge >= 0.3 is 0 Å². The number of benzene rings is 1. The van der Waals surface area contributed by atoms with E-state index in [4.69, 9.17) is 11.6 Å². The van der Waals surface area contributed by atoms with Crippen molar-refractivity contribution < 1.29 is 4.79 Å². The minimum atomic E-state index is 0.279. The van der Waals surface area contributed by atoms with Crippen molar-refractivity contribution in [2.45, 2.75) is 38.1 Å². The zero-order valence-corrected chi connectivity index (χ0v) is 14.4. The second-order valence-corrected chi connectivity index (χ2v) is 6.97. The van der Waals surface area contributed by atoms with Crippen molar-refractivity contribution >= 4 is 23.2 Å². The molecule has 1 saturated heterocycles. The van der Waals surface area contributed by atoms with E-state index in [0.29, 0.717) is 12.5 Å². The van der Waals surface area contributed by atoms with Crippen LogP contribution in [0.5, 0.6) is 0 Å². The fourth-order valence-electron chi connectivity index (χ4n) is 3.56. The van der Waals surface area contributed by atoms with Crippen LogP contribution in [-0.2, 0) is 4.79 Å². The highest BCUT2D eigenvalue weighted by atomic mass is 35.5. The van der Waals surface area contributed by atoms with Crippen LogP contribution in [0.1, 0.15) is 32.1 Å². The van der Waals surface area contributed by atoms with Crippen LogP contribution in [0, 0.1) is 0 Å². The van der Waals surface area contributed by atoms with Crippen molar-refractivity contribution in [3.63, 3.8) is 0 Å². The van der Waals surface area contributed by atoms with Gasteiger partial charge in [0.05, 0.1) is 0 Å². The number of nitrogens with zero attached hydrogens (tertiary/aromatic N) is 2. The van der Waals surface area contributed by atoms with Gasteiger partial charge in [-0.1, -0.05) is 30.5 Å². The quantitative estimate of drug-likeness (QED) is 0.898. The summed E-state index contributed by atoms with van der Waals surface area (Å²) in [6.07, 6.45) is 5.82. The monoisotopic (exact) mass is 335 g/mol. The number of piperazine rings is 1. The van der Waals surface area contributed by atoms with Crippen molar-refractivity contribution in [2.24, 2.45) is 0 Å². The molecule has 1 heterocycles. The highest BCUT2D eigenvalue weighted by molar-refractivity contribution is 6.30. The predicted molar refractivity (Wildman–Crippen MR) is 95.1 cm³/mol. The molecule has 0 spiro atoms. The second-order valence-electron chi connectivity index (χ2n) is 6.53. The van der Waals surface area contributed by atoms with Gasteiger partial charge in [-0.15, -0.1) is 0 Å². The molecule has 2 aliphatic rings. The van der Waals surface area contributed by atoms with E-state index in [1.54, 1.807) is 0 Å². The fraction of sp³-hybridized carbons (Fsp3) is 0.611. The maximum absolute atomic E-state index is 12.3. The lowest BCUT2D eigenvalue weighted by Gasteiger charge is -2.36. The minimum Gasteiger partial charge on any atom is -0.368 e. The van der Waals surface area contributed by atoms with E-state index in [2.05, 4.69) is 16.3 Å². The predicted octanol–water partition coefficient (Wildman–Crippen LogP) is 2.91. The van der Waals surface area contributed by atoms with E-state index < -0.39 is 0 Å². The van der Waals surface area contributed by atoms with Gasteiger partial charge in [0.1, 0.15) is 0 Å². The number of amides is 1. The molecular weight excluding hydrogens is 310 g/mol. The molecule has 1 aliphatic carbocycles. The highest BCUT2D eigenvalue weighted by Gasteiger charge is 2.21. The van der Waals surface area contributed by atoms with E-state index in [9.17, 15) is 4.79 Å². The van der Waals surface area contributed by atoms with Crippen molar-refractivity contribution in [3.05, 3.63) is 29.3 Å². The summed E-state index contributed by atoms with van der Waals surface area (Å²) in [6.45, 7) is 4.17. The van der Waals surface area contributed by atoms with Gasteiger partial charge in [0.25, 0.3) is 0 Å². The van der Waals surface area contributed by atoms with Gasteiger partial charge in [0.15, 0.2) is 0 Å². The molecule has 1 aromatic carbocycles. The summed E-state index contributed by atoms with van der Waals surface area (Å²) >= 11 is 6.06. The normalized spacial score (nSPS) is 19.3. The first-order chi connectivity index (χ1) is 11.2. The SMILES string of the molecule is O=C(CCNC1CCCC1)N1CCN(c2cccc(Cl)c2)CC1. The Morgan fingerprint density at radius 1 is 1.17 bits per heavy atom. The maximum Gasteiger partial charge on any atom is 0.223 e. The summed E-state index contributed by atoms with van der Waals surface area (Å²) in [5, 5.41) is 4.28. The molecule has 5 heteroatoms. The van der Waals surface area contributed by atoms with Gasteiger partial charge in [0.2, 0.25) is 5.91 Å². The maximum atomic E-state index is 12.3. The molecule has 0 unspecified atom stereocenters. The van der Waals surface area contributed by atoms with Crippen LogP contribution in [0.4, 0.5) is 5.69 Å². The van der Waals surface area contributed by atoms with Crippen molar-refractivity contribution in [1.29, 1.82) is 0 Å². The third-order valence-corrected chi connectivity index (χ3v) is 5.17. The molecule has 4 nitrogen and oxygen atoms in total. The van der Waals surface area contributed by atoms with Gasteiger partial charge in [-0.3, -0.25) is 4.79 Å². The van der Waals surface area contributed by atoms with Crippen molar-refractivity contribution in [2.75, 3.05) is 37.6 Å². The van der Waals surface area contributed by atoms with Gasteiger partial charge in [-0.2, -0.15) is 0 Å². The Morgan fingerprint density at radius 3 is 2.61 bits per heavy atom. The summed E-state index contributed by atoms with van der Waals surface area (Å²) in [5.74, 6) is 0.279. The zero-order valence-electron chi connectivity index (χ0n) is 13.6. The number of anilines is 1. The summed E-state index contributed by atoms with van der Waals surface area (Å²) in [7, 11) is 0. The molecule has 1 amide bonds. The smallest absolute Gasteiger partial charge is 0.223 e. The fourth-order valence-corrected chi connectivity index (χ4v) is 3.74. The van der Waals surface area contributed by atoms with E-state index >= 15 is 0 Å². The number of nitrogens with one attached hydrogen (secondary N) is 1. The minimum absolute atomic E-state index is 0.279. The topological polar surface area (TPSA) is 35.6 Å². The average molecular weight is 336 g/mol. The first kappa shape index (κ1) is 16.6. The Labute approximate surface area is 143 Å². The van der Waals surface area contributed by atoms with Crippen molar-refractivity contribution in [1.82, 2.24) is 10.2 Å². The lowest BCUT2D eigenvalue weighted by Crippen LogP contribution is -2.49. The second kappa shape index (κ2) is 8.02. The van der Waals surface area contributed by atoms with Crippen LogP contribution in [-0.4, -0.2) is 49.6 Å². The zero-order chi connectivity index (χ0) is 16.1. The van der Waals surface area contributed by atoms with Crippen LogP contribution in [0.25, 0.3) is 0 Å². The molecule has 1 aliphatic heterocycles. The largest absolute Gasteiger partial charge is 0.368 e. The van der Waals surface area contributed by atoms with Crippen LogP contribution in [0.2, 0.25) is 5.02 Å². The number of hydrogen-bond acceptors (Lipinski definition) is 3. The van der Waals surface area contributed by atoms with Crippen LogP contribution in [0.15, 0.2) is 24.3 Å². The average Bonchev–Trinajstić information content (AvgIpc) is 3.08. The third-order valence-electron chi connectivity index (χ3n) is 4.93. The number of rotatable bonds is 5. The molecule has 0 atom stereocenters. The Kier molecular flexibility index (Phi) is 5.79. The molecule has 0 bridgehead atoms. The van der Waals surface area contributed by atoms with Crippen LogP contribution in [0.3, 0.4) is 0 Å². The molecule has 126 valence electrons. The van der Waals surface area contributed by atoms with Gasteiger partial charge in [0, 0.05) is 55.9 Å². The molecular formula is C18H26ClN3O. The molecule has 1 N–H and O–H groups in total. The lowest BCUT2D eigenvalue weighted by atomic mass is 10.2. The summed E-state index contributed by atoms with van der Waals surface area (Å²) < 4.78 is 0. The molecule has 1 saturated carbocycles. The van der Waals surface area contributed by atoms with E-state index in [1.807, 2.05) is 23.1 Å². The molecule has 1 aromatic rings. The standard InChI is InChI=1S/C18H26ClN3O/c19-15-4-3-7-17(14-15)21-10-12-22(13-11-21)18(23)8-9-20-16-5-1-2-6-16/h3-4,7,14,16,20H,1-2,5-6,8-13H2. The van der Waals surface area contributed by atoms with Crippen molar-refractivity contribution in [3.8, 4) is 0 Å². The van der Waals surface area contributed by atoms with E-state index in [1.165, 1.54) is 25.7 Å². The Bertz CT molecular complexity index is 523. The number of halogens is 1.